The zero-order valence-electron chi connectivity index (χ0n) is 17.3. The van der Waals surface area contributed by atoms with Gasteiger partial charge in [-0.1, -0.05) is 6.07 Å². The van der Waals surface area contributed by atoms with Crippen molar-refractivity contribution in [2.45, 2.75) is 18.6 Å². The Labute approximate surface area is 187 Å². The number of alkyl halides is 6. The number of benzene rings is 2. The van der Waals surface area contributed by atoms with Crippen molar-refractivity contribution in [2.75, 3.05) is 18.0 Å². The van der Waals surface area contributed by atoms with E-state index in [9.17, 15) is 31.1 Å². The van der Waals surface area contributed by atoms with Crippen LogP contribution in [0.4, 0.5) is 32.0 Å². The lowest BCUT2D eigenvalue weighted by molar-refractivity contribution is -0.137. The minimum absolute atomic E-state index is 0.255. The van der Waals surface area contributed by atoms with Crippen LogP contribution < -0.4 is 9.62 Å². The van der Waals surface area contributed by atoms with Gasteiger partial charge < -0.3 is 9.47 Å². The molecule has 2 heterocycles. The molecule has 1 aromatic heterocycles. The largest absolute Gasteiger partial charge is 0.453 e. The van der Waals surface area contributed by atoms with Gasteiger partial charge in [0.05, 0.1) is 17.0 Å². The Morgan fingerprint density at radius 2 is 1.73 bits per heavy atom. The van der Waals surface area contributed by atoms with Gasteiger partial charge in [-0.25, -0.2) is 0 Å². The van der Waals surface area contributed by atoms with Crippen LogP contribution in [0.5, 0.6) is 0 Å². The molecule has 1 saturated heterocycles. The normalized spacial score (nSPS) is 16.0. The fourth-order valence-electron chi connectivity index (χ4n) is 3.74. The first-order chi connectivity index (χ1) is 15.3. The van der Waals surface area contributed by atoms with Crippen LogP contribution in [0.2, 0.25) is 0 Å². The average Bonchev–Trinajstić information content (AvgIpc) is 3.02. The molecular formula is C22H19F6N3OS. The fraction of sp³-hybridized carbons (Fsp3) is 0.273. The van der Waals surface area contributed by atoms with E-state index in [2.05, 4.69) is 5.87 Å². The van der Waals surface area contributed by atoms with Crippen molar-refractivity contribution in [2.24, 2.45) is 5.92 Å². The quantitative estimate of drug-likeness (QED) is 0.382. The smallest absolute Gasteiger partial charge is 0.370 e. The molecule has 11 heteroatoms. The maximum absolute atomic E-state index is 13.1. The minimum atomic E-state index is -4.58. The van der Waals surface area contributed by atoms with Gasteiger partial charge in [0.15, 0.2) is 0 Å². The second kappa shape index (κ2) is 8.12. The Hall–Kier alpha value is -2.95. The number of hydrogen-bond donors (Lipinski definition) is 1. The number of anilines is 1. The van der Waals surface area contributed by atoms with Crippen molar-refractivity contribution in [3.8, 4) is 5.69 Å². The molecule has 176 valence electrons. The van der Waals surface area contributed by atoms with Crippen molar-refractivity contribution in [3.63, 3.8) is 0 Å². The second-order valence-electron chi connectivity index (χ2n) is 7.84. The maximum atomic E-state index is 13.1. The predicted octanol–water partition coefficient (Wildman–Crippen LogP) is 5.65. The molecule has 0 saturated carbocycles. The van der Waals surface area contributed by atoms with Gasteiger partial charge in [0.2, 0.25) is 5.91 Å². The molecule has 1 fully saturated rings. The third-order valence-corrected chi connectivity index (χ3v) is 6.57. The number of aromatic nitrogens is 1. The maximum Gasteiger partial charge on any atom is 0.453 e. The molecule has 4 nitrogen and oxygen atoms in total. The van der Waals surface area contributed by atoms with Gasteiger partial charge in [0.25, 0.3) is 0 Å². The Kier molecular flexibility index (Phi) is 5.71. The second-order valence-corrected chi connectivity index (χ2v) is 9.28. The monoisotopic (exact) mass is 487 g/mol. The number of amides is 1. The molecule has 4 rings (SSSR count). The van der Waals surface area contributed by atoms with Gasteiger partial charge in [0.1, 0.15) is 0 Å². The van der Waals surface area contributed by atoms with Crippen molar-refractivity contribution in [1.82, 2.24) is 9.29 Å². The van der Waals surface area contributed by atoms with Crippen molar-refractivity contribution in [3.05, 3.63) is 59.8 Å². The molecule has 2 aromatic carbocycles. The number of hydrogen-bond acceptors (Lipinski definition) is 2. The number of rotatable bonds is 4. The Morgan fingerprint density at radius 3 is 2.36 bits per heavy atom. The summed E-state index contributed by atoms with van der Waals surface area (Å²) in [6.07, 6.45) is -2.68. The van der Waals surface area contributed by atoms with Crippen LogP contribution in [0.15, 0.2) is 48.7 Å². The highest BCUT2D eigenvalue weighted by Gasteiger charge is 2.37. The van der Waals surface area contributed by atoms with E-state index in [4.69, 9.17) is 0 Å². The standard InChI is InChI=1S/C22H19F6N3OS/c1-13-10-31(19-7-6-15(8-18(13)19)21(23,24)25)17-5-3-4-16(9-17)30-11-14(12-30)20(32)29-33(2)22(26,27)28/h3-10,14H,2,11-12H2,1H3,(H,29,32). The van der Waals surface area contributed by atoms with E-state index in [0.29, 0.717) is 16.5 Å². The van der Waals surface area contributed by atoms with E-state index in [-0.39, 0.29) is 13.1 Å². The van der Waals surface area contributed by atoms with Crippen LogP contribution >= 0.6 is 10.7 Å². The molecule has 1 amide bonds. The predicted molar refractivity (Wildman–Crippen MR) is 118 cm³/mol. The molecule has 1 aliphatic heterocycles. The molecule has 1 N–H and O–H groups in total. The number of halogens is 6. The van der Waals surface area contributed by atoms with Crippen molar-refractivity contribution in [1.29, 1.82) is 0 Å². The summed E-state index contributed by atoms with van der Waals surface area (Å²) in [7, 11) is -2.45. The third-order valence-electron chi connectivity index (χ3n) is 5.56. The first-order valence-corrected chi connectivity index (χ1v) is 11.2. The number of carbonyl (C=O) groups is 1. The van der Waals surface area contributed by atoms with Crippen LogP contribution in [0, 0.1) is 12.8 Å². The van der Waals surface area contributed by atoms with Gasteiger partial charge in [-0.15, -0.1) is 0 Å². The summed E-state index contributed by atoms with van der Waals surface area (Å²) in [5.41, 5.74) is -2.51. The summed E-state index contributed by atoms with van der Waals surface area (Å²) in [6.45, 7) is 2.24. The molecule has 0 aliphatic carbocycles. The van der Waals surface area contributed by atoms with E-state index in [0.717, 1.165) is 23.5 Å². The fourth-order valence-corrected chi connectivity index (χ4v) is 4.27. The number of carbonyl (C=O) groups excluding carboxylic acids is 1. The van der Waals surface area contributed by atoms with E-state index in [1.165, 1.54) is 6.07 Å². The van der Waals surface area contributed by atoms with Gasteiger partial charge in [-0.3, -0.25) is 9.52 Å². The van der Waals surface area contributed by atoms with Gasteiger partial charge in [-0.2, -0.15) is 26.3 Å². The topological polar surface area (TPSA) is 37.3 Å². The third kappa shape index (κ3) is 4.59. The molecule has 0 spiro atoms. The lowest BCUT2D eigenvalue weighted by Gasteiger charge is -2.40. The van der Waals surface area contributed by atoms with Crippen LogP contribution in [0.1, 0.15) is 11.1 Å². The molecule has 1 atom stereocenters. The summed E-state index contributed by atoms with van der Waals surface area (Å²) in [5.74, 6) is 1.68. The highest BCUT2D eigenvalue weighted by atomic mass is 32.2. The Morgan fingerprint density at radius 1 is 1.06 bits per heavy atom. The SMILES string of the molecule is C=S(NC(=O)C1CN(c2cccc(-n3cc(C)c4cc(C(F)(F)F)ccc43)c2)C1)C(F)(F)F. The number of fused-ring (bicyclic) bond motifs is 1. The molecular weight excluding hydrogens is 468 g/mol. The molecule has 1 aliphatic rings. The summed E-state index contributed by atoms with van der Waals surface area (Å²) in [6, 6.07) is 10.8. The van der Waals surface area contributed by atoms with Crippen LogP contribution in [-0.2, 0) is 11.0 Å². The molecule has 33 heavy (non-hydrogen) atoms. The summed E-state index contributed by atoms with van der Waals surface area (Å²) in [5, 5.41) is 0.490. The molecule has 3 aromatic rings. The van der Waals surface area contributed by atoms with E-state index in [1.807, 2.05) is 21.8 Å². The van der Waals surface area contributed by atoms with Crippen LogP contribution in [-0.4, -0.2) is 34.9 Å². The van der Waals surface area contributed by atoms with Crippen LogP contribution in [0.25, 0.3) is 16.6 Å². The highest BCUT2D eigenvalue weighted by molar-refractivity contribution is 8.13. The van der Waals surface area contributed by atoms with Crippen molar-refractivity contribution < 1.29 is 31.1 Å². The van der Waals surface area contributed by atoms with Gasteiger partial charge in [-0.05, 0) is 54.8 Å². The lowest BCUT2D eigenvalue weighted by atomic mass is 9.98. The molecule has 0 radical (unpaired) electrons. The number of nitrogens with zero attached hydrogens (tertiary/aromatic N) is 2. The van der Waals surface area contributed by atoms with Gasteiger partial charge >= 0.3 is 11.7 Å². The van der Waals surface area contributed by atoms with Gasteiger partial charge in [0, 0.05) is 46.7 Å². The van der Waals surface area contributed by atoms with E-state index in [1.54, 1.807) is 29.8 Å². The van der Waals surface area contributed by atoms with Crippen molar-refractivity contribution >= 4 is 39.0 Å². The lowest BCUT2D eigenvalue weighted by Crippen LogP contribution is -2.53. The zero-order valence-corrected chi connectivity index (χ0v) is 18.1. The zero-order chi connectivity index (χ0) is 24.1. The Balaban J connectivity index is 1.52. The number of aryl methyl sites for hydroxylation is 1. The van der Waals surface area contributed by atoms with E-state index >= 15 is 0 Å². The summed E-state index contributed by atoms with van der Waals surface area (Å²) >= 11 is 0. The molecule has 1 unspecified atom stereocenters. The summed E-state index contributed by atoms with van der Waals surface area (Å²) in [4.78, 5) is 13.9. The molecule has 0 bridgehead atoms. The van der Waals surface area contributed by atoms with E-state index < -0.39 is 39.7 Å². The number of nitrogens with one attached hydrogen (secondary N) is 1. The minimum Gasteiger partial charge on any atom is -0.370 e. The first kappa shape index (κ1) is 23.2. The first-order valence-electron chi connectivity index (χ1n) is 9.80. The highest BCUT2D eigenvalue weighted by Crippen LogP contribution is 2.36. The summed E-state index contributed by atoms with van der Waals surface area (Å²) < 4.78 is 80.7. The Bertz CT molecular complexity index is 1240. The van der Waals surface area contributed by atoms with Crippen LogP contribution in [0.3, 0.4) is 0 Å². The average molecular weight is 487 g/mol.